The van der Waals surface area contributed by atoms with Crippen molar-refractivity contribution in [1.29, 1.82) is 0 Å². The third kappa shape index (κ3) is 3.68. The number of nitrogens with zero attached hydrogens (tertiary/aromatic N) is 5. The van der Waals surface area contributed by atoms with Gasteiger partial charge in [-0.05, 0) is 55.8 Å². The van der Waals surface area contributed by atoms with Gasteiger partial charge in [0.15, 0.2) is 0 Å². The highest BCUT2D eigenvalue weighted by atomic mass is 32.1. The Bertz CT molecular complexity index is 1030. The molecule has 0 aliphatic carbocycles. The first-order valence-corrected chi connectivity index (χ1v) is 10.3. The summed E-state index contributed by atoms with van der Waals surface area (Å²) >= 11 is 1.66. The highest BCUT2D eigenvalue weighted by Gasteiger charge is 2.13. The predicted molar refractivity (Wildman–Crippen MR) is 110 cm³/mol. The first-order valence-electron chi connectivity index (χ1n) is 9.46. The predicted octanol–water partition coefficient (Wildman–Crippen LogP) is 3.74. The molecule has 5 heterocycles. The zero-order valence-corrected chi connectivity index (χ0v) is 16.0. The van der Waals surface area contributed by atoms with E-state index in [1.807, 2.05) is 18.5 Å². The quantitative estimate of drug-likeness (QED) is 0.682. The van der Waals surface area contributed by atoms with Crippen LogP contribution in [-0.4, -0.2) is 45.7 Å². The van der Waals surface area contributed by atoms with Crippen molar-refractivity contribution < 1.29 is 0 Å². The van der Waals surface area contributed by atoms with E-state index in [0.29, 0.717) is 0 Å². The number of hydrogen-bond acceptors (Lipinski definition) is 6. The molecule has 2 aliphatic rings. The average Bonchev–Trinajstić information content (AvgIpc) is 3.43. The summed E-state index contributed by atoms with van der Waals surface area (Å²) in [5, 5.41) is 1.06. The van der Waals surface area contributed by atoms with Crippen LogP contribution in [0, 0.1) is 0 Å². The topological polar surface area (TPSA) is 54.3 Å². The summed E-state index contributed by atoms with van der Waals surface area (Å²) in [5.74, 6) is 0. The Kier molecular flexibility index (Phi) is 4.51. The van der Waals surface area contributed by atoms with Gasteiger partial charge in [0.05, 0.1) is 12.2 Å². The Morgan fingerprint density at radius 3 is 2.85 bits per heavy atom. The molecule has 0 bridgehead atoms. The molecule has 0 atom stereocenters. The SMILES string of the molecule is C1=NCC=C1c1ccc2nc(Cc3cc(CN4CCCC4)ccn3)sc2n1. The van der Waals surface area contributed by atoms with Gasteiger partial charge in [-0.1, -0.05) is 17.4 Å². The number of pyridine rings is 2. The van der Waals surface area contributed by atoms with E-state index < -0.39 is 0 Å². The molecule has 0 unspecified atom stereocenters. The van der Waals surface area contributed by atoms with Crippen LogP contribution < -0.4 is 0 Å². The number of aromatic nitrogens is 3. The van der Waals surface area contributed by atoms with Crippen LogP contribution >= 0.6 is 11.3 Å². The summed E-state index contributed by atoms with van der Waals surface area (Å²) in [6.07, 6.45) is 9.32. The normalized spacial score (nSPS) is 17.1. The maximum absolute atomic E-state index is 4.77. The number of hydrogen-bond donors (Lipinski definition) is 0. The fourth-order valence-corrected chi connectivity index (χ4v) is 4.65. The largest absolute Gasteiger partial charge is 0.299 e. The summed E-state index contributed by atoms with van der Waals surface area (Å²) in [7, 11) is 0. The average molecular weight is 376 g/mol. The van der Waals surface area contributed by atoms with Gasteiger partial charge in [0.1, 0.15) is 15.4 Å². The molecular formula is C21H21N5S. The molecule has 136 valence electrons. The van der Waals surface area contributed by atoms with Crippen molar-refractivity contribution in [1.82, 2.24) is 19.9 Å². The Morgan fingerprint density at radius 1 is 1.07 bits per heavy atom. The van der Waals surface area contributed by atoms with Gasteiger partial charge >= 0.3 is 0 Å². The van der Waals surface area contributed by atoms with E-state index in [-0.39, 0.29) is 0 Å². The fourth-order valence-electron chi connectivity index (χ4n) is 3.70. The molecule has 0 saturated carbocycles. The van der Waals surface area contributed by atoms with E-state index in [1.54, 1.807) is 11.3 Å². The summed E-state index contributed by atoms with van der Waals surface area (Å²) in [6, 6.07) is 8.44. The van der Waals surface area contributed by atoms with Crippen LogP contribution in [0.2, 0.25) is 0 Å². The Balaban J connectivity index is 1.35. The fraction of sp³-hybridized carbons (Fsp3) is 0.333. The van der Waals surface area contributed by atoms with E-state index in [9.17, 15) is 0 Å². The molecule has 0 spiro atoms. The van der Waals surface area contributed by atoms with Crippen LogP contribution in [0.3, 0.4) is 0 Å². The summed E-state index contributed by atoms with van der Waals surface area (Å²) < 4.78 is 0. The third-order valence-electron chi connectivity index (χ3n) is 5.06. The van der Waals surface area contributed by atoms with Crippen molar-refractivity contribution in [2.45, 2.75) is 25.8 Å². The van der Waals surface area contributed by atoms with Crippen LogP contribution in [0.5, 0.6) is 0 Å². The number of thiazole rings is 1. The molecule has 0 aromatic carbocycles. The molecule has 0 amide bonds. The maximum atomic E-state index is 4.77. The lowest BCUT2D eigenvalue weighted by atomic mass is 10.2. The van der Waals surface area contributed by atoms with Crippen molar-refractivity contribution in [2.75, 3.05) is 19.6 Å². The minimum absolute atomic E-state index is 0.752. The first-order chi connectivity index (χ1) is 13.3. The van der Waals surface area contributed by atoms with E-state index in [0.717, 1.165) is 51.8 Å². The van der Waals surface area contributed by atoms with Gasteiger partial charge in [-0.3, -0.25) is 14.9 Å². The lowest BCUT2D eigenvalue weighted by molar-refractivity contribution is 0.331. The zero-order valence-electron chi connectivity index (χ0n) is 15.1. The number of rotatable bonds is 5. The maximum Gasteiger partial charge on any atom is 0.144 e. The molecule has 5 nitrogen and oxygen atoms in total. The molecule has 3 aromatic heterocycles. The number of aliphatic imine (C=N–C) groups is 1. The van der Waals surface area contributed by atoms with E-state index in [2.05, 4.69) is 39.2 Å². The molecule has 6 heteroatoms. The van der Waals surface area contributed by atoms with Gasteiger partial charge in [0.2, 0.25) is 0 Å². The molecule has 3 aromatic rings. The van der Waals surface area contributed by atoms with Crippen molar-refractivity contribution in [3.63, 3.8) is 0 Å². The van der Waals surface area contributed by atoms with Crippen LogP contribution in [-0.2, 0) is 13.0 Å². The van der Waals surface area contributed by atoms with E-state index in [1.165, 1.54) is 31.5 Å². The smallest absolute Gasteiger partial charge is 0.144 e. The highest BCUT2D eigenvalue weighted by molar-refractivity contribution is 7.18. The van der Waals surface area contributed by atoms with E-state index >= 15 is 0 Å². The summed E-state index contributed by atoms with van der Waals surface area (Å²) in [4.78, 5) is 21.8. The lowest BCUT2D eigenvalue weighted by Crippen LogP contribution is -2.18. The molecule has 1 saturated heterocycles. The molecule has 2 aliphatic heterocycles. The zero-order chi connectivity index (χ0) is 18.1. The van der Waals surface area contributed by atoms with Crippen molar-refractivity contribution >= 4 is 33.5 Å². The van der Waals surface area contributed by atoms with Crippen molar-refractivity contribution in [3.05, 3.63) is 58.5 Å². The molecule has 0 N–H and O–H groups in total. The van der Waals surface area contributed by atoms with Gasteiger partial charge in [-0.2, -0.15) is 0 Å². The summed E-state index contributed by atoms with van der Waals surface area (Å²) in [6.45, 7) is 4.20. The Hall–Kier alpha value is -2.44. The number of allylic oxidation sites excluding steroid dienone is 1. The van der Waals surface area contributed by atoms with Gasteiger partial charge in [-0.15, -0.1) is 0 Å². The first kappa shape index (κ1) is 16.7. The summed E-state index contributed by atoms with van der Waals surface area (Å²) in [5.41, 5.74) is 5.46. The lowest BCUT2D eigenvalue weighted by Gasteiger charge is -2.14. The monoisotopic (exact) mass is 375 g/mol. The van der Waals surface area contributed by atoms with Crippen LogP contribution in [0.4, 0.5) is 0 Å². The number of likely N-dealkylation sites (tertiary alicyclic amines) is 1. The highest BCUT2D eigenvalue weighted by Crippen LogP contribution is 2.25. The second-order valence-electron chi connectivity index (χ2n) is 7.10. The molecule has 0 radical (unpaired) electrons. The van der Waals surface area contributed by atoms with Crippen LogP contribution in [0.15, 0.2) is 41.5 Å². The van der Waals surface area contributed by atoms with E-state index in [4.69, 9.17) is 9.97 Å². The van der Waals surface area contributed by atoms with Crippen molar-refractivity contribution in [2.24, 2.45) is 4.99 Å². The molecule has 1 fully saturated rings. The minimum Gasteiger partial charge on any atom is -0.299 e. The van der Waals surface area contributed by atoms with Gasteiger partial charge in [0.25, 0.3) is 0 Å². The number of fused-ring (bicyclic) bond motifs is 1. The van der Waals surface area contributed by atoms with Gasteiger partial charge < -0.3 is 0 Å². The van der Waals surface area contributed by atoms with Gasteiger partial charge in [-0.25, -0.2) is 9.97 Å². The molecule has 5 rings (SSSR count). The standard InChI is InChI=1S/C21H21N5S/c1-2-10-26(9-1)14-15-5-8-23-17(11-15)12-20-24-19-4-3-18(25-21(19)27-20)16-6-7-22-13-16/h3-6,8,11,13H,1-2,7,9-10,12,14H2. The van der Waals surface area contributed by atoms with Crippen LogP contribution in [0.1, 0.15) is 34.8 Å². The van der Waals surface area contributed by atoms with Gasteiger partial charge in [0, 0.05) is 36.6 Å². The second-order valence-corrected chi connectivity index (χ2v) is 8.16. The van der Waals surface area contributed by atoms with Crippen LogP contribution in [0.25, 0.3) is 15.9 Å². The second kappa shape index (κ2) is 7.29. The molecule has 27 heavy (non-hydrogen) atoms. The Labute approximate surface area is 162 Å². The minimum atomic E-state index is 0.752. The third-order valence-corrected chi connectivity index (χ3v) is 6.03. The molecular weight excluding hydrogens is 354 g/mol. The van der Waals surface area contributed by atoms with Crippen molar-refractivity contribution in [3.8, 4) is 0 Å². The Morgan fingerprint density at radius 2 is 2.00 bits per heavy atom.